The molecule has 1 aliphatic heterocycles. The number of sulfone groups is 1. The topological polar surface area (TPSA) is 142 Å². The molecule has 1 atom stereocenters. The number of nitrogens with zero attached hydrogens (tertiary/aromatic N) is 1. The van der Waals surface area contributed by atoms with Crippen LogP contribution in [0.3, 0.4) is 0 Å². The number of hydroxylamine groups is 1. The van der Waals surface area contributed by atoms with Crippen molar-refractivity contribution in [1.29, 1.82) is 0 Å². The molecule has 0 bridgehead atoms. The lowest BCUT2D eigenvalue weighted by Gasteiger charge is -2.31. The van der Waals surface area contributed by atoms with Crippen molar-refractivity contribution < 1.29 is 32.7 Å². The summed E-state index contributed by atoms with van der Waals surface area (Å²) in [5.74, 6) is -1.81. The Morgan fingerprint density at radius 1 is 1.03 bits per heavy atom. The number of ether oxygens (including phenoxy) is 1. The van der Waals surface area contributed by atoms with E-state index in [-0.39, 0.29) is 10.8 Å². The van der Waals surface area contributed by atoms with Gasteiger partial charge in [0.05, 0.1) is 10.6 Å². The second kappa shape index (κ2) is 11.1. The molecule has 182 valence electrons. The molecule has 11 heteroatoms. The first-order valence-corrected chi connectivity index (χ1v) is 12.4. The number of likely N-dealkylation sites (tertiary alicyclic amines) is 1. The molecule has 0 aromatic heterocycles. The van der Waals surface area contributed by atoms with Gasteiger partial charge in [-0.1, -0.05) is 18.2 Å². The lowest BCUT2D eigenvalue weighted by Crippen LogP contribution is -2.52. The molecule has 1 aliphatic rings. The van der Waals surface area contributed by atoms with E-state index in [0.29, 0.717) is 37.4 Å². The van der Waals surface area contributed by atoms with Crippen molar-refractivity contribution in [3.05, 3.63) is 54.6 Å². The molecule has 0 unspecified atom stereocenters. The second-order valence-corrected chi connectivity index (χ2v) is 10.0. The number of carbonyl (C=O) groups excluding carboxylic acids is 3. The Labute approximate surface area is 197 Å². The molecule has 1 saturated heterocycles. The average Bonchev–Trinajstić information content (AvgIpc) is 2.84. The summed E-state index contributed by atoms with van der Waals surface area (Å²) in [6, 6.07) is 13.2. The summed E-state index contributed by atoms with van der Waals surface area (Å²) >= 11 is 0. The van der Waals surface area contributed by atoms with Gasteiger partial charge in [0, 0.05) is 25.9 Å². The highest BCUT2D eigenvalue weighted by Crippen LogP contribution is 2.23. The standard InChI is InChI=1S/C23H27N3O7S/c1-16(27)26-13-11-17(12-14-26)22(28)24-21(23(29)25-30)15-34(31,32)20-9-7-19(8-10-20)33-18-5-3-2-4-6-18/h2-10,17,21,30H,11-15H2,1H3,(H,24,28)(H,25,29)/t21-/m0/s1. The van der Waals surface area contributed by atoms with Crippen LogP contribution in [-0.4, -0.2) is 61.1 Å². The van der Waals surface area contributed by atoms with Gasteiger partial charge in [0.2, 0.25) is 11.8 Å². The normalized spacial score (nSPS) is 15.3. The van der Waals surface area contributed by atoms with Crippen LogP contribution in [0.15, 0.2) is 59.5 Å². The van der Waals surface area contributed by atoms with Crippen molar-refractivity contribution in [3.63, 3.8) is 0 Å². The van der Waals surface area contributed by atoms with Gasteiger partial charge in [-0.15, -0.1) is 0 Å². The van der Waals surface area contributed by atoms with E-state index in [4.69, 9.17) is 9.94 Å². The van der Waals surface area contributed by atoms with E-state index in [1.165, 1.54) is 36.7 Å². The van der Waals surface area contributed by atoms with Gasteiger partial charge in [0.15, 0.2) is 9.84 Å². The number of para-hydroxylation sites is 1. The first-order chi connectivity index (χ1) is 16.2. The zero-order chi connectivity index (χ0) is 24.7. The monoisotopic (exact) mass is 489 g/mol. The van der Waals surface area contributed by atoms with Gasteiger partial charge >= 0.3 is 0 Å². The Hall–Kier alpha value is -3.44. The predicted molar refractivity (Wildman–Crippen MR) is 122 cm³/mol. The summed E-state index contributed by atoms with van der Waals surface area (Å²) in [5, 5.41) is 11.5. The third kappa shape index (κ3) is 6.55. The Morgan fingerprint density at radius 3 is 2.18 bits per heavy atom. The molecule has 0 saturated carbocycles. The predicted octanol–water partition coefficient (Wildman–Crippen LogP) is 1.50. The maximum absolute atomic E-state index is 12.9. The molecule has 3 rings (SSSR count). The molecule has 0 radical (unpaired) electrons. The number of amides is 3. The smallest absolute Gasteiger partial charge is 0.266 e. The van der Waals surface area contributed by atoms with Crippen LogP contribution in [0, 0.1) is 5.92 Å². The first-order valence-electron chi connectivity index (χ1n) is 10.7. The fraction of sp³-hybridized carbons (Fsp3) is 0.348. The largest absolute Gasteiger partial charge is 0.457 e. The van der Waals surface area contributed by atoms with Gasteiger partial charge in [-0.2, -0.15) is 0 Å². The summed E-state index contributed by atoms with van der Waals surface area (Å²) < 4.78 is 31.5. The highest BCUT2D eigenvalue weighted by atomic mass is 32.2. The molecule has 10 nitrogen and oxygen atoms in total. The number of rotatable bonds is 8. The minimum atomic E-state index is -4.00. The van der Waals surface area contributed by atoms with Crippen molar-refractivity contribution in [2.24, 2.45) is 5.92 Å². The molecule has 1 heterocycles. The van der Waals surface area contributed by atoms with E-state index in [1.54, 1.807) is 29.2 Å². The number of carbonyl (C=O) groups is 3. The van der Waals surface area contributed by atoms with Crippen LogP contribution in [0.25, 0.3) is 0 Å². The van der Waals surface area contributed by atoms with Crippen LogP contribution in [0.1, 0.15) is 19.8 Å². The van der Waals surface area contributed by atoms with Gasteiger partial charge in [0.25, 0.3) is 5.91 Å². The van der Waals surface area contributed by atoms with Gasteiger partial charge in [-0.05, 0) is 49.2 Å². The van der Waals surface area contributed by atoms with Crippen molar-refractivity contribution in [1.82, 2.24) is 15.7 Å². The van der Waals surface area contributed by atoms with Gasteiger partial charge in [-0.3, -0.25) is 19.6 Å². The fourth-order valence-corrected chi connectivity index (χ4v) is 5.08. The average molecular weight is 490 g/mol. The maximum Gasteiger partial charge on any atom is 0.266 e. The molecule has 1 fully saturated rings. The van der Waals surface area contributed by atoms with Crippen LogP contribution in [0.5, 0.6) is 11.5 Å². The van der Waals surface area contributed by atoms with E-state index >= 15 is 0 Å². The molecular weight excluding hydrogens is 462 g/mol. The molecule has 3 N–H and O–H groups in total. The summed E-state index contributed by atoms with van der Waals surface area (Å²) in [6.07, 6.45) is 0.795. The number of hydrogen-bond donors (Lipinski definition) is 3. The summed E-state index contributed by atoms with van der Waals surface area (Å²) in [7, 11) is -4.00. The second-order valence-electron chi connectivity index (χ2n) is 7.99. The lowest BCUT2D eigenvalue weighted by molar-refractivity contribution is -0.137. The third-order valence-corrected chi connectivity index (χ3v) is 7.36. The van der Waals surface area contributed by atoms with Crippen molar-refractivity contribution in [3.8, 4) is 11.5 Å². The Bertz CT molecular complexity index is 1110. The number of piperidine rings is 1. The molecule has 0 aliphatic carbocycles. The van der Waals surface area contributed by atoms with E-state index in [2.05, 4.69) is 5.32 Å². The van der Waals surface area contributed by atoms with Crippen molar-refractivity contribution in [2.45, 2.75) is 30.7 Å². The first kappa shape index (κ1) is 25.2. The maximum atomic E-state index is 12.9. The van der Waals surface area contributed by atoms with Crippen LogP contribution in [0.4, 0.5) is 0 Å². The van der Waals surface area contributed by atoms with Crippen molar-refractivity contribution >= 4 is 27.6 Å². The van der Waals surface area contributed by atoms with Crippen LogP contribution < -0.4 is 15.5 Å². The zero-order valence-corrected chi connectivity index (χ0v) is 19.5. The number of hydrogen-bond acceptors (Lipinski definition) is 7. The summed E-state index contributed by atoms with van der Waals surface area (Å²) in [6.45, 7) is 2.26. The third-order valence-electron chi connectivity index (χ3n) is 5.60. The number of nitrogens with one attached hydrogen (secondary N) is 2. The molecule has 3 amide bonds. The zero-order valence-electron chi connectivity index (χ0n) is 18.6. The molecule has 2 aromatic carbocycles. The highest BCUT2D eigenvalue weighted by Gasteiger charge is 2.32. The molecule has 34 heavy (non-hydrogen) atoms. The highest BCUT2D eigenvalue weighted by molar-refractivity contribution is 7.91. The SMILES string of the molecule is CC(=O)N1CCC(C(=O)N[C@@H](CS(=O)(=O)c2ccc(Oc3ccccc3)cc2)C(=O)NO)CC1. The van der Waals surface area contributed by atoms with Crippen molar-refractivity contribution in [2.75, 3.05) is 18.8 Å². The van der Waals surface area contributed by atoms with Crippen LogP contribution in [-0.2, 0) is 24.2 Å². The van der Waals surface area contributed by atoms with Gasteiger partial charge < -0.3 is 15.0 Å². The quantitative estimate of drug-likeness (QED) is 0.377. The summed E-state index contributed by atoms with van der Waals surface area (Å²) in [5.41, 5.74) is 1.41. The Balaban J connectivity index is 1.66. The summed E-state index contributed by atoms with van der Waals surface area (Å²) in [4.78, 5) is 37.8. The van der Waals surface area contributed by atoms with Crippen LogP contribution in [0.2, 0.25) is 0 Å². The van der Waals surface area contributed by atoms with E-state index in [1.807, 2.05) is 6.07 Å². The molecule has 2 aromatic rings. The Morgan fingerprint density at radius 2 is 1.62 bits per heavy atom. The van der Waals surface area contributed by atoms with E-state index < -0.39 is 39.4 Å². The minimum Gasteiger partial charge on any atom is -0.457 e. The molecular formula is C23H27N3O7S. The van der Waals surface area contributed by atoms with E-state index in [9.17, 15) is 22.8 Å². The van der Waals surface area contributed by atoms with Crippen LogP contribution >= 0.6 is 0 Å². The fourth-order valence-electron chi connectivity index (χ4n) is 3.66. The van der Waals surface area contributed by atoms with E-state index in [0.717, 1.165) is 0 Å². The van der Waals surface area contributed by atoms with Gasteiger partial charge in [0.1, 0.15) is 17.5 Å². The van der Waals surface area contributed by atoms with Gasteiger partial charge in [-0.25, -0.2) is 13.9 Å². The molecule has 0 spiro atoms. The Kier molecular flexibility index (Phi) is 8.24. The lowest BCUT2D eigenvalue weighted by atomic mass is 9.95. The minimum absolute atomic E-state index is 0.0623. The number of benzene rings is 2.